The van der Waals surface area contributed by atoms with Gasteiger partial charge in [0.25, 0.3) is 0 Å². The molecule has 1 unspecified atom stereocenters. The Bertz CT molecular complexity index is 99.9. The standard InChI is InChI=1S/C10H25P/c1-7-10(9(2)3)8-11(4,5)6/h9-11H,7-8H2,1-6H3. The van der Waals surface area contributed by atoms with E-state index >= 15 is 0 Å². The van der Waals surface area contributed by atoms with Crippen LogP contribution in [0, 0.1) is 11.8 Å². The predicted molar refractivity (Wildman–Crippen MR) is 59.6 cm³/mol. The molecule has 0 nitrogen and oxygen atoms in total. The van der Waals surface area contributed by atoms with Crippen LogP contribution in [0.15, 0.2) is 0 Å². The second kappa shape index (κ2) is 4.45. The fourth-order valence-corrected chi connectivity index (χ4v) is 3.97. The molecule has 0 saturated carbocycles. The first-order valence-electron chi connectivity index (χ1n) is 4.87. The molecule has 0 aliphatic heterocycles. The van der Waals surface area contributed by atoms with Crippen LogP contribution in [0.5, 0.6) is 0 Å². The Balaban J connectivity index is 3.88. The Kier molecular flexibility index (Phi) is 4.63. The topological polar surface area (TPSA) is 0 Å². The minimum atomic E-state index is -0.804. The van der Waals surface area contributed by atoms with Gasteiger partial charge >= 0.3 is 72.4 Å². The number of hydrogen-bond acceptors (Lipinski definition) is 0. The van der Waals surface area contributed by atoms with Gasteiger partial charge in [0.05, 0.1) is 0 Å². The molecule has 0 heterocycles. The molecule has 0 aromatic carbocycles. The molecule has 0 aromatic heterocycles. The van der Waals surface area contributed by atoms with Crippen LogP contribution in [0.3, 0.4) is 0 Å². The van der Waals surface area contributed by atoms with E-state index in [4.69, 9.17) is 0 Å². The van der Waals surface area contributed by atoms with Crippen LogP contribution in [0.25, 0.3) is 0 Å². The Hall–Kier alpha value is 0.430. The van der Waals surface area contributed by atoms with Crippen LogP contribution >= 0.6 is 7.26 Å². The van der Waals surface area contributed by atoms with Gasteiger partial charge in [-0.15, -0.1) is 0 Å². The van der Waals surface area contributed by atoms with E-state index < -0.39 is 7.26 Å². The zero-order chi connectivity index (χ0) is 9.07. The molecule has 0 bridgehead atoms. The normalized spacial score (nSPS) is 17.0. The molecule has 0 aliphatic carbocycles. The average molecular weight is 176 g/mol. The molecule has 0 rings (SSSR count). The van der Waals surface area contributed by atoms with Crippen LogP contribution in [0.4, 0.5) is 0 Å². The van der Waals surface area contributed by atoms with Gasteiger partial charge in [0.1, 0.15) is 0 Å². The summed E-state index contributed by atoms with van der Waals surface area (Å²) in [6.07, 6.45) is 2.86. The van der Waals surface area contributed by atoms with E-state index in [9.17, 15) is 0 Å². The Morgan fingerprint density at radius 3 is 1.64 bits per heavy atom. The third-order valence-corrected chi connectivity index (χ3v) is 4.09. The third kappa shape index (κ3) is 5.67. The first-order valence-corrected chi connectivity index (χ1v) is 8.57. The van der Waals surface area contributed by atoms with Crippen molar-refractivity contribution >= 4 is 7.26 Å². The molecule has 1 atom stereocenters. The molecular formula is C10H25P. The summed E-state index contributed by atoms with van der Waals surface area (Å²) in [6.45, 7) is 14.4. The van der Waals surface area contributed by atoms with E-state index in [0.717, 1.165) is 11.8 Å². The first-order chi connectivity index (χ1) is 4.87. The monoisotopic (exact) mass is 176 g/mol. The van der Waals surface area contributed by atoms with Crippen molar-refractivity contribution in [2.75, 3.05) is 26.2 Å². The van der Waals surface area contributed by atoms with Gasteiger partial charge in [0.15, 0.2) is 0 Å². The number of rotatable bonds is 4. The summed E-state index contributed by atoms with van der Waals surface area (Å²) in [5, 5.41) is 0. The molecule has 0 aromatic rings. The Morgan fingerprint density at radius 2 is 1.55 bits per heavy atom. The van der Waals surface area contributed by atoms with Gasteiger partial charge in [-0.2, -0.15) is 0 Å². The summed E-state index contributed by atoms with van der Waals surface area (Å²) in [5.74, 6) is 1.85. The molecular weight excluding hydrogens is 151 g/mol. The summed E-state index contributed by atoms with van der Waals surface area (Å²) in [4.78, 5) is 0. The van der Waals surface area contributed by atoms with E-state index in [1.165, 1.54) is 12.6 Å². The van der Waals surface area contributed by atoms with E-state index in [-0.39, 0.29) is 0 Å². The predicted octanol–water partition coefficient (Wildman–Crippen LogP) is 3.31. The fourth-order valence-electron chi connectivity index (χ4n) is 1.64. The molecule has 0 radical (unpaired) electrons. The van der Waals surface area contributed by atoms with Gasteiger partial charge < -0.3 is 0 Å². The van der Waals surface area contributed by atoms with Crippen molar-refractivity contribution in [1.29, 1.82) is 0 Å². The van der Waals surface area contributed by atoms with Crippen molar-refractivity contribution in [2.45, 2.75) is 27.2 Å². The zero-order valence-corrected chi connectivity index (χ0v) is 10.1. The van der Waals surface area contributed by atoms with E-state index in [1.54, 1.807) is 0 Å². The maximum absolute atomic E-state index is 2.47. The molecule has 0 saturated heterocycles. The summed E-state index contributed by atoms with van der Waals surface area (Å²) in [7, 11) is -0.804. The van der Waals surface area contributed by atoms with Gasteiger partial charge in [-0.1, -0.05) is 0 Å². The van der Waals surface area contributed by atoms with Crippen LogP contribution in [0.1, 0.15) is 27.2 Å². The average Bonchev–Trinajstić information content (AvgIpc) is 1.80. The molecule has 11 heavy (non-hydrogen) atoms. The van der Waals surface area contributed by atoms with Crippen LogP contribution in [-0.2, 0) is 0 Å². The molecule has 70 valence electrons. The third-order valence-electron chi connectivity index (χ3n) is 2.34. The Morgan fingerprint density at radius 1 is 1.09 bits per heavy atom. The number of hydrogen-bond donors (Lipinski definition) is 0. The SMILES string of the molecule is CCC(C[PH](C)(C)C)C(C)C. The van der Waals surface area contributed by atoms with Crippen molar-refractivity contribution < 1.29 is 0 Å². The van der Waals surface area contributed by atoms with Crippen molar-refractivity contribution in [3.8, 4) is 0 Å². The van der Waals surface area contributed by atoms with E-state index in [0.29, 0.717) is 0 Å². The summed E-state index contributed by atoms with van der Waals surface area (Å²) in [6, 6.07) is 0. The van der Waals surface area contributed by atoms with Gasteiger partial charge in [-0.25, -0.2) is 0 Å². The minimum absolute atomic E-state index is 0.804. The van der Waals surface area contributed by atoms with Crippen molar-refractivity contribution in [1.82, 2.24) is 0 Å². The van der Waals surface area contributed by atoms with Crippen molar-refractivity contribution in [2.24, 2.45) is 11.8 Å². The maximum atomic E-state index is 2.47. The van der Waals surface area contributed by atoms with Gasteiger partial charge in [-0.3, -0.25) is 0 Å². The molecule has 1 heteroatoms. The molecule has 0 N–H and O–H groups in total. The molecule has 0 fully saturated rings. The van der Waals surface area contributed by atoms with Gasteiger partial charge in [0.2, 0.25) is 0 Å². The molecule has 0 spiro atoms. The molecule has 0 aliphatic rings. The zero-order valence-electron chi connectivity index (χ0n) is 9.07. The first kappa shape index (κ1) is 11.4. The second-order valence-corrected chi connectivity index (χ2v) is 10.7. The van der Waals surface area contributed by atoms with Crippen LogP contribution in [-0.4, -0.2) is 26.2 Å². The summed E-state index contributed by atoms with van der Waals surface area (Å²) in [5.41, 5.74) is 0. The Labute approximate surface area is 73.1 Å². The van der Waals surface area contributed by atoms with Gasteiger partial charge in [0, 0.05) is 0 Å². The van der Waals surface area contributed by atoms with Crippen molar-refractivity contribution in [3.05, 3.63) is 0 Å². The fraction of sp³-hybridized carbons (Fsp3) is 1.00. The second-order valence-electron chi connectivity index (χ2n) is 5.18. The molecule has 0 amide bonds. The van der Waals surface area contributed by atoms with Crippen LogP contribution < -0.4 is 0 Å². The van der Waals surface area contributed by atoms with E-state index in [1.807, 2.05) is 0 Å². The summed E-state index contributed by atoms with van der Waals surface area (Å²) < 4.78 is 0. The van der Waals surface area contributed by atoms with Gasteiger partial charge in [-0.05, 0) is 0 Å². The quantitative estimate of drug-likeness (QED) is 0.576. The van der Waals surface area contributed by atoms with E-state index in [2.05, 4.69) is 40.8 Å². The summed E-state index contributed by atoms with van der Waals surface area (Å²) >= 11 is 0. The van der Waals surface area contributed by atoms with Crippen LogP contribution in [0.2, 0.25) is 0 Å². The van der Waals surface area contributed by atoms with Crippen molar-refractivity contribution in [3.63, 3.8) is 0 Å².